The van der Waals surface area contributed by atoms with Crippen molar-refractivity contribution in [1.29, 1.82) is 0 Å². The molecule has 0 radical (unpaired) electrons. The molecule has 118 valence electrons. The molecule has 0 spiro atoms. The van der Waals surface area contributed by atoms with Gasteiger partial charge in [-0.1, -0.05) is 19.3 Å². The van der Waals surface area contributed by atoms with Gasteiger partial charge in [0.25, 0.3) is 0 Å². The van der Waals surface area contributed by atoms with E-state index in [-0.39, 0.29) is 5.91 Å². The molecule has 21 heavy (non-hydrogen) atoms. The molecule has 4 rings (SSSR count). The van der Waals surface area contributed by atoms with Gasteiger partial charge in [0, 0.05) is 32.2 Å². The normalized spacial score (nSPS) is 39.1. The SMILES string of the molecule is NC1(C(=O)N2CCN(C3CC4CCC3C4)CC2)CCCC1. The van der Waals surface area contributed by atoms with Gasteiger partial charge in [-0.05, 0) is 43.9 Å². The molecule has 0 aromatic carbocycles. The van der Waals surface area contributed by atoms with Crippen molar-refractivity contribution in [2.45, 2.75) is 62.9 Å². The molecule has 3 saturated carbocycles. The first-order valence-electron chi connectivity index (χ1n) is 8.98. The van der Waals surface area contributed by atoms with Gasteiger partial charge in [0.15, 0.2) is 0 Å². The first kappa shape index (κ1) is 14.0. The van der Waals surface area contributed by atoms with E-state index in [1.807, 2.05) is 0 Å². The Morgan fingerprint density at radius 2 is 1.71 bits per heavy atom. The van der Waals surface area contributed by atoms with E-state index in [0.29, 0.717) is 0 Å². The van der Waals surface area contributed by atoms with E-state index in [1.54, 1.807) is 0 Å². The summed E-state index contributed by atoms with van der Waals surface area (Å²) in [6.45, 7) is 3.92. The van der Waals surface area contributed by atoms with Crippen LogP contribution in [0.2, 0.25) is 0 Å². The second-order valence-corrected chi connectivity index (χ2v) is 7.93. The maximum Gasteiger partial charge on any atom is 0.242 e. The number of carbonyl (C=O) groups is 1. The number of hydrogen-bond acceptors (Lipinski definition) is 3. The summed E-state index contributed by atoms with van der Waals surface area (Å²) in [5.74, 6) is 2.19. The average Bonchev–Trinajstić information content (AvgIpc) is 3.23. The minimum absolute atomic E-state index is 0.229. The van der Waals surface area contributed by atoms with E-state index in [2.05, 4.69) is 9.80 Å². The molecule has 3 unspecified atom stereocenters. The fourth-order valence-corrected chi connectivity index (χ4v) is 5.45. The molecule has 4 nitrogen and oxygen atoms in total. The highest BCUT2D eigenvalue weighted by Crippen LogP contribution is 2.46. The van der Waals surface area contributed by atoms with E-state index in [1.165, 1.54) is 25.7 Å². The minimum Gasteiger partial charge on any atom is -0.339 e. The number of carbonyl (C=O) groups excluding carboxylic acids is 1. The molecule has 4 aliphatic rings. The number of nitrogens with zero attached hydrogens (tertiary/aromatic N) is 2. The van der Waals surface area contributed by atoms with E-state index in [0.717, 1.165) is 69.7 Å². The van der Waals surface area contributed by atoms with Gasteiger partial charge in [-0.25, -0.2) is 0 Å². The summed E-state index contributed by atoms with van der Waals surface area (Å²) in [6, 6.07) is 0.819. The van der Waals surface area contributed by atoms with Crippen LogP contribution in [0.4, 0.5) is 0 Å². The Labute approximate surface area is 128 Å². The number of nitrogens with two attached hydrogens (primary N) is 1. The van der Waals surface area contributed by atoms with Crippen molar-refractivity contribution >= 4 is 5.91 Å². The predicted molar refractivity (Wildman–Crippen MR) is 82.8 cm³/mol. The topological polar surface area (TPSA) is 49.6 Å². The highest BCUT2D eigenvalue weighted by molar-refractivity contribution is 5.86. The zero-order valence-electron chi connectivity index (χ0n) is 13.1. The highest BCUT2D eigenvalue weighted by Gasteiger charge is 2.44. The van der Waals surface area contributed by atoms with Gasteiger partial charge in [-0.2, -0.15) is 0 Å². The number of piperazine rings is 1. The lowest BCUT2D eigenvalue weighted by Gasteiger charge is -2.42. The van der Waals surface area contributed by atoms with Crippen molar-refractivity contribution < 1.29 is 4.79 Å². The van der Waals surface area contributed by atoms with Crippen molar-refractivity contribution in [2.24, 2.45) is 17.6 Å². The largest absolute Gasteiger partial charge is 0.339 e. The lowest BCUT2D eigenvalue weighted by atomic mass is 9.93. The third kappa shape index (κ3) is 2.40. The first-order valence-corrected chi connectivity index (χ1v) is 8.98. The lowest BCUT2D eigenvalue weighted by Crippen LogP contribution is -2.59. The standard InChI is InChI=1S/C17H29N3O/c18-17(5-1-2-6-17)16(21)20-9-7-19(8-10-20)15-12-13-3-4-14(15)11-13/h13-15H,1-12,18H2. The maximum atomic E-state index is 12.7. The van der Waals surface area contributed by atoms with Crippen LogP contribution in [-0.4, -0.2) is 53.5 Å². The Balaban J connectivity index is 1.33. The number of hydrogen-bond donors (Lipinski definition) is 1. The maximum absolute atomic E-state index is 12.7. The molecular formula is C17H29N3O. The Morgan fingerprint density at radius 3 is 2.29 bits per heavy atom. The molecule has 0 aromatic rings. The molecule has 1 heterocycles. The van der Waals surface area contributed by atoms with Crippen molar-refractivity contribution in [3.63, 3.8) is 0 Å². The summed E-state index contributed by atoms with van der Waals surface area (Å²) in [6.07, 6.45) is 9.81. The van der Waals surface area contributed by atoms with Gasteiger partial charge in [-0.3, -0.25) is 9.69 Å². The van der Waals surface area contributed by atoms with Crippen LogP contribution >= 0.6 is 0 Å². The Morgan fingerprint density at radius 1 is 1.00 bits per heavy atom. The molecule has 3 aliphatic carbocycles. The molecule has 3 atom stereocenters. The van der Waals surface area contributed by atoms with Crippen LogP contribution in [0.1, 0.15) is 51.4 Å². The van der Waals surface area contributed by atoms with Crippen molar-refractivity contribution in [3.05, 3.63) is 0 Å². The van der Waals surface area contributed by atoms with Crippen LogP contribution < -0.4 is 5.73 Å². The molecule has 2 N–H and O–H groups in total. The Kier molecular flexibility index (Phi) is 3.49. The summed E-state index contributed by atoms with van der Waals surface area (Å²) in [5, 5.41) is 0. The molecule has 1 amide bonds. The second kappa shape index (κ2) is 5.24. The lowest BCUT2D eigenvalue weighted by molar-refractivity contribution is -0.139. The minimum atomic E-state index is -0.533. The third-order valence-corrected chi connectivity index (χ3v) is 6.69. The summed E-state index contributed by atoms with van der Waals surface area (Å²) in [4.78, 5) is 17.4. The van der Waals surface area contributed by atoms with Crippen molar-refractivity contribution in [3.8, 4) is 0 Å². The molecule has 1 saturated heterocycles. The summed E-state index contributed by atoms with van der Waals surface area (Å²) in [7, 11) is 0. The zero-order valence-corrected chi connectivity index (χ0v) is 13.1. The van der Waals surface area contributed by atoms with Gasteiger partial charge in [0.1, 0.15) is 0 Å². The van der Waals surface area contributed by atoms with E-state index in [9.17, 15) is 4.79 Å². The monoisotopic (exact) mass is 291 g/mol. The van der Waals surface area contributed by atoms with E-state index in [4.69, 9.17) is 5.73 Å². The second-order valence-electron chi connectivity index (χ2n) is 7.93. The highest BCUT2D eigenvalue weighted by atomic mass is 16.2. The first-order chi connectivity index (χ1) is 10.2. The molecule has 0 aromatic heterocycles. The van der Waals surface area contributed by atoms with Gasteiger partial charge in [0.2, 0.25) is 5.91 Å². The fourth-order valence-electron chi connectivity index (χ4n) is 5.45. The average molecular weight is 291 g/mol. The smallest absolute Gasteiger partial charge is 0.242 e. The zero-order chi connectivity index (χ0) is 14.4. The van der Waals surface area contributed by atoms with Crippen LogP contribution in [0.25, 0.3) is 0 Å². The van der Waals surface area contributed by atoms with Crippen LogP contribution in [0.3, 0.4) is 0 Å². The van der Waals surface area contributed by atoms with Gasteiger partial charge < -0.3 is 10.6 Å². The van der Waals surface area contributed by atoms with Crippen molar-refractivity contribution in [2.75, 3.05) is 26.2 Å². The summed E-state index contributed by atoms with van der Waals surface area (Å²) in [5.41, 5.74) is 5.80. The van der Waals surface area contributed by atoms with Crippen LogP contribution in [0, 0.1) is 11.8 Å². The quantitative estimate of drug-likeness (QED) is 0.840. The Hall–Kier alpha value is -0.610. The van der Waals surface area contributed by atoms with Crippen LogP contribution in [0.5, 0.6) is 0 Å². The van der Waals surface area contributed by atoms with Crippen LogP contribution in [-0.2, 0) is 4.79 Å². The fraction of sp³-hybridized carbons (Fsp3) is 0.941. The van der Waals surface area contributed by atoms with Crippen LogP contribution in [0.15, 0.2) is 0 Å². The predicted octanol–water partition coefficient (Wildman–Crippen LogP) is 1.59. The Bertz CT molecular complexity index is 410. The number of fused-ring (bicyclic) bond motifs is 2. The summed E-state index contributed by atoms with van der Waals surface area (Å²) < 4.78 is 0. The van der Waals surface area contributed by atoms with E-state index < -0.39 is 5.54 Å². The van der Waals surface area contributed by atoms with Gasteiger partial charge in [0.05, 0.1) is 5.54 Å². The van der Waals surface area contributed by atoms with E-state index >= 15 is 0 Å². The number of amides is 1. The number of rotatable bonds is 2. The molecular weight excluding hydrogens is 262 g/mol. The molecule has 4 heteroatoms. The summed E-state index contributed by atoms with van der Waals surface area (Å²) >= 11 is 0. The third-order valence-electron chi connectivity index (χ3n) is 6.69. The molecule has 2 bridgehead atoms. The van der Waals surface area contributed by atoms with Gasteiger partial charge in [-0.15, -0.1) is 0 Å². The van der Waals surface area contributed by atoms with Crippen molar-refractivity contribution in [1.82, 2.24) is 9.80 Å². The molecule has 4 fully saturated rings. The van der Waals surface area contributed by atoms with Gasteiger partial charge >= 0.3 is 0 Å². The molecule has 1 aliphatic heterocycles.